The molecule has 0 spiro atoms. The molecule has 8 heteroatoms. The summed E-state index contributed by atoms with van der Waals surface area (Å²) in [4.78, 5) is -0.107. The number of nitrogens with two attached hydrogens (primary N) is 1. The highest BCUT2D eigenvalue weighted by Gasteiger charge is 2.15. The number of thiocarbonyl (C=S) groups is 1. The van der Waals surface area contributed by atoms with Crippen molar-refractivity contribution in [2.45, 2.75) is 0 Å². The first-order chi connectivity index (χ1) is 8.38. The van der Waals surface area contributed by atoms with Crippen LogP contribution in [0.5, 0.6) is 11.5 Å². The van der Waals surface area contributed by atoms with Crippen molar-refractivity contribution >= 4 is 32.9 Å². The summed E-state index contributed by atoms with van der Waals surface area (Å²) in [5, 5.41) is 0. The third-order valence-corrected chi connectivity index (χ3v) is 3.55. The van der Waals surface area contributed by atoms with Crippen LogP contribution >= 0.6 is 12.2 Å². The molecule has 0 aliphatic carbocycles. The Morgan fingerprint density at radius 1 is 1.39 bits per heavy atom. The van der Waals surface area contributed by atoms with Crippen molar-refractivity contribution in [2.24, 2.45) is 5.73 Å². The van der Waals surface area contributed by atoms with Crippen LogP contribution in [0.3, 0.4) is 0 Å². The second kappa shape index (κ2) is 5.87. The summed E-state index contributed by atoms with van der Waals surface area (Å²) < 4.78 is 35.8. The molecule has 100 valence electrons. The minimum Gasteiger partial charge on any atom is -0.497 e. The van der Waals surface area contributed by atoms with Crippen LogP contribution < -0.4 is 19.9 Å². The lowest BCUT2D eigenvalue weighted by Gasteiger charge is -2.12. The van der Waals surface area contributed by atoms with Crippen LogP contribution in [0.15, 0.2) is 18.2 Å². The van der Waals surface area contributed by atoms with Gasteiger partial charge in [-0.1, -0.05) is 12.2 Å². The van der Waals surface area contributed by atoms with Crippen LogP contribution in [0, 0.1) is 0 Å². The zero-order chi connectivity index (χ0) is 13.8. The predicted octanol–water partition coefficient (Wildman–Crippen LogP) is 0.732. The van der Waals surface area contributed by atoms with E-state index in [0.29, 0.717) is 11.5 Å². The summed E-state index contributed by atoms with van der Waals surface area (Å²) >= 11 is 4.57. The summed E-state index contributed by atoms with van der Waals surface area (Å²) in [5.74, 6) is 0.453. The van der Waals surface area contributed by atoms with Gasteiger partial charge in [0, 0.05) is 6.07 Å². The minimum absolute atomic E-state index is 0.107. The maximum atomic E-state index is 11.7. The number of hydrogen-bond acceptors (Lipinski definition) is 5. The van der Waals surface area contributed by atoms with Gasteiger partial charge < -0.3 is 15.2 Å². The van der Waals surface area contributed by atoms with E-state index in [1.807, 2.05) is 0 Å². The Morgan fingerprint density at radius 2 is 2.06 bits per heavy atom. The Kier molecular flexibility index (Phi) is 4.74. The molecule has 0 heterocycles. The fourth-order valence-electron chi connectivity index (χ4n) is 1.28. The zero-order valence-corrected chi connectivity index (χ0v) is 11.6. The number of ether oxygens (including phenoxy) is 2. The summed E-state index contributed by atoms with van der Waals surface area (Å²) in [5.41, 5.74) is 5.49. The molecule has 1 aromatic carbocycles. The Morgan fingerprint density at radius 3 is 2.56 bits per heavy atom. The van der Waals surface area contributed by atoms with Crippen LogP contribution in [0.2, 0.25) is 0 Å². The Balaban J connectivity index is 3.05. The van der Waals surface area contributed by atoms with Crippen LogP contribution in [0.4, 0.5) is 5.69 Å². The van der Waals surface area contributed by atoms with E-state index in [9.17, 15) is 8.42 Å². The Hall–Kier alpha value is -1.54. The first kappa shape index (κ1) is 14.5. The van der Waals surface area contributed by atoms with Gasteiger partial charge in [0.2, 0.25) is 10.0 Å². The highest BCUT2D eigenvalue weighted by molar-refractivity contribution is 7.95. The third-order valence-electron chi connectivity index (χ3n) is 2.00. The molecule has 0 saturated heterocycles. The summed E-state index contributed by atoms with van der Waals surface area (Å²) in [7, 11) is -0.724. The average molecular weight is 290 g/mol. The number of sulfonamides is 1. The monoisotopic (exact) mass is 290 g/mol. The number of rotatable bonds is 6. The highest BCUT2D eigenvalue weighted by Crippen LogP contribution is 2.29. The van der Waals surface area contributed by atoms with Gasteiger partial charge in [-0.3, -0.25) is 4.72 Å². The van der Waals surface area contributed by atoms with Gasteiger partial charge in [-0.25, -0.2) is 8.42 Å². The van der Waals surface area contributed by atoms with Crippen LogP contribution in [-0.2, 0) is 10.0 Å². The quantitative estimate of drug-likeness (QED) is 0.751. The molecule has 18 heavy (non-hydrogen) atoms. The van der Waals surface area contributed by atoms with E-state index in [1.165, 1.54) is 20.3 Å². The molecule has 0 aromatic heterocycles. The lowest BCUT2D eigenvalue weighted by atomic mass is 10.3. The maximum absolute atomic E-state index is 11.7. The van der Waals surface area contributed by atoms with Crippen molar-refractivity contribution in [3.63, 3.8) is 0 Å². The van der Waals surface area contributed by atoms with Crippen molar-refractivity contribution in [2.75, 3.05) is 24.7 Å². The van der Waals surface area contributed by atoms with E-state index in [2.05, 4.69) is 16.9 Å². The molecule has 0 bridgehead atoms. The van der Waals surface area contributed by atoms with Crippen LogP contribution in [0.25, 0.3) is 0 Å². The SMILES string of the molecule is COc1ccc(OC)c(NS(=O)(=O)CC(N)=S)c1. The number of benzene rings is 1. The van der Waals surface area contributed by atoms with E-state index in [-0.39, 0.29) is 10.7 Å². The van der Waals surface area contributed by atoms with E-state index in [0.717, 1.165) is 0 Å². The molecule has 6 nitrogen and oxygen atoms in total. The predicted molar refractivity (Wildman–Crippen MR) is 73.7 cm³/mol. The van der Waals surface area contributed by atoms with Gasteiger partial charge >= 0.3 is 0 Å². The summed E-state index contributed by atoms with van der Waals surface area (Å²) in [6, 6.07) is 4.76. The van der Waals surface area contributed by atoms with Gasteiger partial charge in [0.05, 0.1) is 24.9 Å². The van der Waals surface area contributed by atoms with Crippen molar-refractivity contribution < 1.29 is 17.9 Å². The smallest absolute Gasteiger partial charge is 0.239 e. The van der Waals surface area contributed by atoms with Gasteiger partial charge in [0.25, 0.3) is 0 Å². The number of anilines is 1. The van der Waals surface area contributed by atoms with Crippen LogP contribution in [0.1, 0.15) is 0 Å². The lowest BCUT2D eigenvalue weighted by molar-refractivity contribution is 0.405. The lowest BCUT2D eigenvalue weighted by Crippen LogP contribution is -2.26. The molecule has 0 unspecified atom stereocenters. The summed E-state index contributed by atoms with van der Waals surface area (Å²) in [6.07, 6.45) is 0. The third kappa shape index (κ3) is 4.04. The number of nitrogens with one attached hydrogen (secondary N) is 1. The second-order valence-electron chi connectivity index (χ2n) is 3.39. The molecular weight excluding hydrogens is 276 g/mol. The molecule has 1 aromatic rings. The number of hydrogen-bond donors (Lipinski definition) is 2. The highest BCUT2D eigenvalue weighted by atomic mass is 32.2. The largest absolute Gasteiger partial charge is 0.497 e. The maximum Gasteiger partial charge on any atom is 0.239 e. The molecule has 0 radical (unpaired) electrons. The van der Waals surface area contributed by atoms with Gasteiger partial charge in [-0.2, -0.15) is 0 Å². The second-order valence-corrected chi connectivity index (χ2v) is 5.64. The number of methoxy groups -OCH3 is 2. The van der Waals surface area contributed by atoms with Gasteiger partial charge in [0.15, 0.2) is 0 Å². The molecule has 0 saturated carbocycles. The fraction of sp³-hybridized carbons (Fsp3) is 0.300. The molecule has 3 N–H and O–H groups in total. The molecule has 1 rings (SSSR count). The Bertz CT molecular complexity index is 543. The fourth-order valence-corrected chi connectivity index (χ4v) is 2.69. The molecule has 0 fully saturated rings. The topological polar surface area (TPSA) is 90.6 Å². The molecule has 0 atom stereocenters. The van der Waals surface area contributed by atoms with E-state index in [1.54, 1.807) is 12.1 Å². The van der Waals surface area contributed by atoms with Crippen molar-refractivity contribution in [3.8, 4) is 11.5 Å². The zero-order valence-electron chi connectivity index (χ0n) is 9.97. The average Bonchev–Trinajstić information content (AvgIpc) is 2.26. The molecule has 0 aliphatic rings. The van der Waals surface area contributed by atoms with Gasteiger partial charge in [-0.15, -0.1) is 0 Å². The van der Waals surface area contributed by atoms with E-state index < -0.39 is 15.8 Å². The first-order valence-corrected chi connectivity index (χ1v) is 6.95. The van der Waals surface area contributed by atoms with Gasteiger partial charge in [-0.05, 0) is 12.1 Å². The minimum atomic E-state index is -3.64. The van der Waals surface area contributed by atoms with E-state index >= 15 is 0 Å². The standard InChI is InChI=1S/C10H14N2O4S2/c1-15-7-3-4-9(16-2)8(5-7)12-18(13,14)6-10(11)17/h3-5,12H,6H2,1-2H3,(H2,11,17). The molecular formula is C10H14N2O4S2. The van der Waals surface area contributed by atoms with Crippen molar-refractivity contribution in [1.82, 2.24) is 0 Å². The normalized spacial score (nSPS) is 10.8. The van der Waals surface area contributed by atoms with Crippen LogP contribution in [-0.4, -0.2) is 33.4 Å². The molecule has 0 aliphatic heterocycles. The summed E-state index contributed by atoms with van der Waals surface area (Å²) in [6.45, 7) is 0. The van der Waals surface area contributed by atoms with Crippen molar-refractivity contribution in [3.05, 3.63) is 18.2 Å². The Labute approximate surface area is 111 Å². The van der Waals surface area contributed by atoms with Crippen molar-refractivity contribution in [1.29, 1.82) is 0 Å². The molecule has 0 amide bonds. The first-order valence-electron chi connectivity index (χ1n) is 4.89. The van der Waals surface area contributed by atoms with E-state index in [4.69, 9.17) is 15.2 Å². The van der Waals surface area contributed by atoms with Gasteiger partial charge in [0.1, 0.15) is 17.3 Å².